The summed E-state index contributed by atoms with van der Waals surface area (Å²) in [6, 6.07) is -4.60. The molecule has 0 aliphatic carbocycles. The summed E-state index contributed by atoms with van der Waals surface area (Å²) in [6.45, 7) is 2.01. The minimum Gasteiger partial charge on any atom is -0.481 e. The van der Waals surface area contributed by atoms with Gasteiger partial charge in [0, 0.05) is 13.0 Å². The molecule has 5 unspecified atom stereocenters. The van der Waals surface area contributed by atoms with E-state index in [1.54, 1.807) is 0 Å². The van der Waals surface area contributed by atoms with Crippen molar-refractivity contribution < 1.29 is 39.3 Å². The lowest BCUT2D eigenvalue weighted by atomic mass is 10.1. The van der Waals surface area contributed by atoms with Gasteiger partial charge in [0.25, 0.3) is 0 Å². The van der Waals surface area contributed by atoms with E-state index in [9.17, 15) is 34.2 Å². The second-order valence-corrected chi connectivity index (χ2v) is 8.13. The number of amides is 3. The number of carboxylic acids is 2. The van der Waals surface area contributed by atoms with Crippen LogP contribution < -0.4 is 22.1 Å². The number of hydrogen-bond acceptors (Lipinski definition) is 8. The molecule has 0 radical (unpaired) electrons. The molecular formula is C20H35N5O8. The number of carbonyl (C=O) groups excluding carboxylic acids is 3. The molecule has 1 heterocycles. The first kappa shape index (κ1) is 28.3. The topological polar surface area (TPSA) is 225 Å². The van der Waals surface area contributed by atoms with Crippen molar-refractivity contribution in [2.45, 2.75) is 82.1 Å². The van der Waals surface area contributed by atoms with Gasteiger partial charge in [0.05, 0.1) is 6.10 Å². The van der Waals surface area contributed by atoms with Gasteiger partial charge >= 0.3 is 11.9 Å². The van der Waals surface area contributed by atoms with E-state index < -0.39 is 66.4 Å². The lowest BCUT2D eigenvalue weighted by Gasteiger charge is -2.29. The molecule has 1 saturated heterocycles. The van der Waals surface area contributed by atoms with Gasteiger partial charge in [0.2, 0.25) is 17.7 Å². The molecule has 9 N–H and O–H groups in total. The fraction of sp³-hybridized carbons (Fsp3) is 0.750. The highest BCUT2D eigenvalue weighted by Crippen LogP contribution is 2.19. The Morgan fingerprint density at radius 3 is 2.27 bits per heavy atom. The molecule has 1 fully saturated rings. The molecule has 0 bridgehead atoms. The van der Waals surface area contributed by atoms with Gasteiger partial charge in [-0.05, 0) is 52.0 Å². The van der Waals surface area contributed by atoms with Crippen LogP contribution in [0, 0.1) is 0 Å². The van der Waals surface area contributed by atoms with Gasteiger partial charge in [-0.25, -0.2) is 4.79 Å². The van der Waals surface area contributed by atoms with Crippen molar-refractivity contribution in [2.24, 2.45) is 11.5 Å². The number of nitrogens with two attached hydrogens (primary N) is 2. The fourth-order valence-electron chi connectivity index (χ4n) is 3.53. The molecule has 5 atom stereocenters. The van der Waals surface area contributed by atoms with Crippen molar-refractivity contribution in [1.29, 1.82) is 0 Å². The minimum absolute atomic E-state index is 0.175. The maximum Gasteiger partial charge on any atom is 0.326 e. The van der Waals surface area contributed by atoms with E-state index in [-0.39, 0.29) is 19.4 Å². The molecule has 1 rings (SSSR count). The molecule has 33 heavy (non-hydrogen) atoms. The van der Waals surface area contributed by atoms with Crippen molar-refractivity contribution in [1.82, 2.24) is 15.5 Å². The van der Waals surface area contributed by atoms with E-state index in [0.29, 0.717) is 32.2 Å². The third-order valence-corrected chi connectivity index (χ3v) is 5.48. The van der Waals surface area contributed by atoms with Crippen LogP contribution in [0.2, 0.25) is 0 Å². The highest BCUT2D eigenvalue weighted by Gasteiger charge is 2.38. The normalized spacial score (nSPS) is 19.3. The Morgan fingerprint density at radius 2 is 1.73 bits per heavy atom. The largest absolute Gasteiger partial charge is 0.481 e. The first-order valence-electron chi connectivity index (χ1n) is 11.0. The molecule has 188 valence electrons. The molecule has 0 aromatic rings. The summed E-state index contributed by atoms with van der Waals surface area (Å²) >= 11 is 0. The number of aliphatic hydroxyl groups is 1. The number of carboxylic acid groups (broad SMARTS) is 2. The molecule has 1 aliphatic heterocycles. The minimum atomic E-state index is -1.43. The number of carbonyl (C=O) groups is 5. The maximum absolute atomic E-state index is 12.9. The van der Waals surface area contributed by atoms with Crippen LogP contribution in [-0.4, -0.2) is 93.2 Å². The molecule has 0 spiro atoms. The standard InChI is InChI=1S/C20H35N5O8/c1-11(26)16(22)19(31)25-10-4-6-14(25)18(30)23-12(5-2-3-9-21)17(29)24-13(20(32)33)7-8-15(27)28/h11-14,16,26H,2-10,21-22H2,1H3,(H,23,30)(H,24,29)(H,27,28)(H,32,33). The first-order chi connectivity index (χ1) is 15.5. The van der Waals surface area contributed by atoms with Crippen LogP contribution in [-0.2, 0) is 24.0 Å². The van der Waals surface area contributed by atoms with Crippen LogP contribution in [0.15, 0.2) is 0 Å². The van der Waals surface area contributed by atoms with Crippen LogP contribution in [0.5, 0.6) is 0 Å². The second-order valence-electron chi connectivity index (χ2n) is 8.13. The third-order valence-electron chi connectivity index (χ3n) is 5.48. The zero-order valence-corrected chi connectivity index (χ0v) is 18.7. The van der Waals surface area contributed by atoms with Crippen LogP contribution >= 0.6 is 0 Å². The fourth-order valence-corrected chi connectivity index (χ4v) is 3.53. The average Bonchev–Trinajstić information content (AvgIpc) is 3.24. The summed E-state index contributed by atoms with van der Waals surface area (Å²) in [5.41, 5.74) is 11.2. The Labute approximate surface area is 191 Å². The van der Waals surface area contributed by atoms with Gasteiger partial charge in [-0.2, -0.15) is 0 Å². The Bertz CT molecular complexity index is 717. The molecular weight excluding hydrogens is 438 g/mol. The summed E-state index contributed by atoms with van der Waals surface area (Å²) < 4.78 is 0. The van der Waals surface area contributed by atoms with Crippen LogP contribution in [0.4, 0.5) is 0 Å². The van der Waals surface area contributed by atoms with Crippen molar-refractivity contribution in [3.63, 3.8) is 0 Å². The Balaban J connectivity index is 2.91. The quantitative estimate of drug-likeness (QED) is 0.134. The van der Waals surface area contributed by atoms with Gasteiger partial charge in [-0.3, -0.25) is 19.2 Å². The first-order valence-corrected chi connectivity index (χ1v) is 11.0. The van der Waals surface area contributed by atoms with Gasteiger partial charge in [0.1, 0.15) is 24.2 Å². The zero-order valence-electron chi connectivity index (χ0n) is 18.7. The number of nitrogens with one attached hydrogen (secondary N) is 2. The number of aliphatic carboxylic acids is 2. The Morgan fingerprint density at radius 1 is 1.06 bits per heavy atom. The van der Waals surface area contributed by atoms with Crippen molar-refractivity contribution >= 4 is 29.7 Å². The Kier molecular flexibility index (Phi) is 11.7. The van der Waals surface area contributed by atoms with Crippen molar-refractivity contribution in [3.8, 4) is 0 Å². The monoisotopic (exact) mass is 473 g/mol. The molecule has 0 saturated carbocycles. The summed E-state index contributed by atoms with van der Waals surface area (Å²) in [6.07, 6.45) is 0.226. The SMILES string of the molecule is CC(O)C(N)C(=O)N1CCCC1C(=O)NC(CCCCN)C(=O)NC(CCC(=O)O)C(=O)O. The highest BCUT2D eigenvalue weighted by atomic mass is 16.4. The van der Waals surface area contributed by atoms with E-state index in [2.05, 4.69) is 10.6 Å². The van der Waals surface area contributed by atoms with E-state index in [4.69, 9.17) is 16.6 Å². The van der Waals surface area contributed by atoms with Crippen molar-refractivity contribution in [3.05, 3.63) is 0 Å². The highest BCUT2D eigenvalue weighted by molar-refractivity contribution is 5.94. The van der Waals surface area contributed by atoms with Gasteiger partial charge in [0.15, 0.2) is 0 Å². The van der Waals surface area contributed by atoms with E-state index in [1.807, 2.05) is 0 Å². The predicted octanol–water partition coefficient (Wildman–Crippen LogP) is -2.27. The second kappa shape index (κ2) is 13.7. The summed E-state index contributed by atoms with van der Waals surface area (Å²) in [5.74, 6) is -4.54. The number of hydrogen-bond donors (Lipinski definition) is 7. The van der Waals surface area contributed by atoms with Crippen LogP contribution in [0.25, 0.3) is 0 Å². The van der Waals surface area contributed by atoms with Gasteiger partial charge in [-0.1, -0.05) is 0 Å². The molecule has 0 aromatic carbocycles. The van der Waals surface area contributed by atoms with Crippen LogP contribution in [0.1, 0.15) is 51.9 Å². The Hall–Kier alpha value is -2.77. The van der Waals surface area contributed by atoms with Gasteiger partial charge < -0.3 is 42.3 Å². The molecule has 13 nitrogen and oxygen atoms in total. The summed E-state index contributed by atoms with van der Waals surface area (Å²) in [5, 5.41) is 32.5. The van der Waals surface area contributed by atoms with Crippen LogP contribution in [0.3, 0.4) is 0 Å². The summed E-state index contributed by atoms with van der Waals surface area (Å²) in [4.78, 5) is 61.7. The predicted molar refractivity (Wildman–Crippen MR) is 116 cm³/mol. The number of aliphatic hydroxyl groups excluding tert-OH is 1. The molecule has 0 aromatic heterocycles. The van der Waals surface area contributed by atoms with Crippen molar-refractivity contribution in [2.75, 3.05) is 13.1 Å². The number of rotatable bonds is 14. The zero-order chi connectivity index (χ0) is 25.1. The van der Waals surface area contributed by atoms with E-state index >= 15 is 0 Å². The average molecular weight is 474 g/mol. The molecule has 3 amide bonds. The van der Waals surface area contributed by atoms with E-state index in [0.717, 1.165) is 0 Å². The molecule has 1 aliphatic rings. The number of nitrogens with zero attached hydrogens (tertiary/aromatic N) is 1. The molecule has 13 heteroatoms. The lowest BCUT2D eigenvalue weighted by Crippen LogP contribution is -2.57. The van der Waals surface area contributed by atoms with E-state index in [1.165, 1.54) is 11.8 Å². The smallest absolute Gasteiger partial charge is 0.326 e. The summed E-state index contributed by atoms with van der Waals surface area (Å²) in [7, 11) is 0. The van der Waals surface area contributed by atoms with Gasteiger partial charge in [-0.15, -0.1) is 0 Å². The number of unbranched alkanes of at least 4 members (excludes halogenated alkanes) is 1. The lowest BCUT2D eigenvalue weighted by molar-refractivity contribution is -0.144. The maximum atomic E-state index is 12.9. The third kappa shape index (κ3) is 8.94. The number of likely N-dealkylation sites (tertiary alicyclic amines) is 1.